The molecule has 0 unspecified atom stereocenters. The number of benzene rings is 1. The molecule has 5 nitrogen and oxygen atoms in total. The number of halogens is 1. The van der Waals surface area contributed by atoms with Gasteiger partial charge in [0.2, 0.25) is 0 Å². The van der Waals surface area contributed by atoms with Crippen LogP contribution in [0.5, 0.6) is 5.75 Å². The second-order valence-electron chi connectivity index (χ2n) is 6.13. The van der Waals surface area contributed by atoms with Crippen LogP contribution in [0.15, 0.2) is 27.4 Å². The van der Waals surface area contributed by atoms with Gasteiger partial charge in [0, 0.05) is 18.6 Å². The van der Waals surface area contributed by atoms with Crippen molar-refractivity contribution < 1.29 is 23.8 Å². The van der Waals surface area contributed by atoms with E-state index < -0.39 is 28.4 Å². The van der Waals surface area contributed by atoms with Gasteiger partial charge in [-0.3, -0.25) is 9.59 Å². The number of aromatic hydroxyl groups is 1. The number of hydrogen-bond donors (Lipinski definition) is 2. The Morgan fingerprint density at radius 2 is 1.96 bits per heavy atom. The van der Waals surface area contributed by atoms with Gasteiger partial charge < -0.3 is 14.6 Å². The maximum absolute atomic E-state index is 13.2. The quantitative estimate of drug-likeness (QED) is 0.846. The van der Waals surface area contributed by atoms with Gasteiger partial charge in [0.05, 0.1) is 11.0 Å². The number of rotatable bonds is 4. The average Bonchev–Trinajstić information content (AvgIpc) is 2.93. The summed E-state index contributed by atoms with van der Waals surface area (Å²) in [6.45, 7) is 0. The minimum absolute atomic E-state index is 0.0485. The van der Waals surface area contributed by atoms with Crippen LogP contribution in [0.25, 0.3) is 11.0 Å². The lowest BCUT2D eigenvalue weighted by molar-refractivity contribution is 0.0354. The standard InChI is InChI=1S/C17H17FO5/c18-10-7-11-13(20)9-15(23-16(11)14(21)8-10)12(19)3-6-17(22)4-1-2-5-17/h7-9,21-22H,1-6H2. The fourth-order valence-corrected chi connectivity index (χ4v) is 3.10. The number of hydrogen-bond acceptors (Lipinski definition) is 5. The Hall–Kier alpha value is -2.21. The Balaban J connectivity index is 1.88. The van der Waals surface area contributed by atoms with E-state index in [1.54, 1.807) is 0 Å². The van der Waals surface area contributed by atoms with Crippen LogP contribution in [0.2, 0.25) is 0 Å². The summed E-state index contributed by atoms with van der Waals surface area (Å²) < 4.78 is 18.5. The second-order valence-corrected chi connectivity index (χ2v) is 6.13. The lowest BCUT2D eigenvalue weighted by Crippen LogP contribution is -2.25. The van der Waals surface area contributed by atoms with Crippen LogP contribution in [-0.4, -0.2) is 21.6 Å². The molecular weight excluding hydrogens is 303 g/mol. The van der Waals surface area contributed by atoms with E-state index in [4.69, 9.17) is 4.42 Å². The van der Waals surface area contributed by atoms with Crippen LogP contribution < -0.4 is 5.43 Å². The minimum atomic E-state index is -0.821. The molecule has 2 aromatic rings. The zero-order valence-corrected chi connectivity index (χ0v) is 12.5. The highest BCUT2D eigenvalue weighted by molar-refractivity contribution is 5.95. The molecule has 0 bridgehead atoms. The first kappa shape index (κ1) is 15.7. The summed E-state index contributed by atoms with van der Waals surface area (Å²) in [6, 6.07) is 2.78. The summed E-state index contributed by atoms with van der Waals surface area (Å²) in [5, 5.41) is 19.8. The number of Topliss-reactive ketones (excluding diaryl/α,β-unsaturated/α-hetero) is 1. The van der Waals surface area contributed by atoms with E-state index in [-0.39, 0.29) is 23.2 Å². The van der Waals surface area contributed by atoms with E-state index in [2.05, 4.69) is 0 Å². The van der Waals surface area contributed by atoms with Crippen LogP contribution in [0.1, 0.15) is 49.1 Å². The normalized spacial score (nSPS) is 16.8. The van der Waals surface area contributed by atoms with Crippen molar-refractivity contribution in [3.05, 3.63) is 40.0 Å². The van der Waals surface area contributed by atoms with E-state index in [9.17, 15) is 24.2 Å². The van der Waals surface area contributed by atoms with Crippen LogP contribution in [0.3, 0.4) is 0 Å². The van der Waals surface area contributed by atoms with E-state index >= 15 is 0 Å². The lowest BCUT2D eigenvalue weighted by Gasteiger charge is -2.21. The highest BCUT2D eigenvalue weighted by Gasteiger charge is 2.31. The molecule has 122 valence electrons. The molecular formula is C17H17FO5. The molecule has 3 rings (SSSR count). The average molecular weight is 320 g/mol. The molecule has 1 aromatic carbocycles. The number of phenols is 1. The molecule has 23 heavy (non-hydrogen) atoms. The molecule has 1 aliphatic rings. The van der Waals surface area contributed by atoms with E-state index in [1.165, 1.54) is 0 Å². The largest absolute Gasteiger partial charge is 0.504 e. The molecule has 0 aliphatic heterocycles. The molecule has 0 amide bonds. The van der Waals surface area contributed by atoms with Gasteiger partial charge in [-0.2, -0.15) is 0 Å². The second kappa shape index (κ2) is 5.77. The van der Waals surface area contributed by atoms with Gasteiger partial charge in [0.25, 0.3) is 0 Å². The Morgan fingerprint density at radius 3 is 2.65 bits per heavy atom. The molecule has 6 heteroatoms. The molecule has 0 spiro atoms. The molecule has 1 aromatic heterocycles. The van der Waals surface area contributed by atoms with Gasteiger partial charge in [0.1, 0.15) is 5.82 Å². The van der Waals surface area contributed by atoms with Crippen molar-refractivity contribution in [3.8, 4) is 5.75 Å². The van der Waals surface area contributed by atoms with Crippen molar-refractivity contribution in [2.75, 3.05) is 0 Å². The van der Waals surface area contributed by atoms with Crippen molar-refractivity contribution in [1.82, 2.24) is 0 Å². The van der Waals surface area contributed by atoms with Crippen molar-refractivity contribution in [3.63, 3.8) is 0 Å². The van der Waals surface area contributed by atoms with Crippen molar-refractivity contribution >= 4 is 16.8 Å². The molecule has 2 N–H and O–H groups in total. The predicted molar refractivity (Wildman–Crippen MR) is 81.1 cm³/mol. The first-order valence-electron chi connectivity index (χ1n) is 7.60. The third kappa shape index (κ3) is 3.12. The van der Waals surface area contributed by atoms with Crippen molar-refractivity contribution in [2.45, 2.75) is 44.1 Å². The van der Waals surface area contributed by atoms with Gasteiger partial charge in [-0.25, -0.2) is 4.39 Å². The smallest absolute Gasteiger partial charge is 0.198 e. The van der Waals surface area contributed by atoms with Gasteiger partial charge in [-0.05, 0) is 25.3 Å². The number of aliphatic hydroxyl groups is 1. The zero-order valence-electron chi connectivity index (χ0n) is 12.5. The van der Waals surface area contributed by atoms with Gasteiger partial charge in [0.15, 0.2) is 28.3 Å². The Labute approximate surface area is 131 Å². The third-order valence-electron chi connectivity index (χ3n) is 4.40. The third-order valence-corrected chi connectivity index (χ3v) is 4.40. The summed E-state index contributed by atoms with van der Waals surface area (Å²) in [6.07, 6.45) is 3.57. The molecule has 1 aliphatic carbocycles. The van der Waals surface area contributed by atoms with Crippen LogP contribution in [-0.2, 0) is 0 Å². The van der Waals surface area contributed by atoms with Crippen molar-refractivity contribution in [2.24, 2.45) is 0 Å². The highest BCUT2D eigenvalue weighted by Crippen LogP contribution is 2.34. The van der Waals surface area contributed by atoms with Gasteiger partial charge >= 0.3 is 0 Å². The fraction of sp³-hybridized carbons (Fsp3) is 0.412. The Bertz CT molecular complexity index is 818. The van der Waals surface area contributed by atoms with E-state index in [1.807, 2.05) is 0 Å². The number of ketones is 1. The number of carbonyl (C=O) groups excluding carboxylic acids is 1. The topological polar surface area (TPSA) is 87.7 Å². The van der Waals surface area contributed by atoms with Gasteiger partial charge in [-0.1, -0.05) is 12.8 Å². The number of fused-ring (bicyclic) bond motifs is 1. The minimum Gasteiger partial charge on any atom is -0.504 e. The van der Waals surface area contributed by atoms with Crippen molar-refractivity contribution in [1.29, 1.82) is 0 Å². The maximum Gasteiger partial charge on any atom is 0.198 e. The maximum atomic E-state index is 13.2. The molecule has 1 heterocycles. The monoisotopic (exact) mass is 320 g/mol. The van der Waals surface area contributed by atoms with E-state index in [0.29, 0.717) is 19.3 Å². The number of phenolic OH excluding ortho intramolecular Hbond substituents is 1. The predicted octanol–water partition coefficient (Wildman–Crippen LogP) is 2.91. The van der Waals surface area contributed by atoms with E-state index in [0.717, 1.165) is 31.0 Å². The summed E-state index contributed by atoms with van der Waals surface area (Å²) in [7, 11) is 0. The summed E-state index contributed by atoms with van der Waals surface area (Å²) in [5.74, 6) is -1.90. The SMILES string of the molecule is O=C(CCC1(O)CCCC1)c1cc(=O)c2cc(F)cc(O)c2o1. The van der Waals surface area contributed by atoms with Crippen LogP contribution in [0.4, 0.5) is 4.39 Å². The van der Waals surface area contributed by atoms with Crippen LogP contribution in [0, 0.1) is 5.82 Å². The summed E-state index contributed by atoms with van der Waals surface area (Å²) in [4.78, 5) is 24.2. The fourth-order valence-electron chi connectivity index (χ4n) is 3.10. The molecule has 1 fully saturated rings. The molecule has 1 saturated carbocycles. The zero-order chi connectivity index (χ0) is 16.6. The van der Waals surface area contributed by atoms with Gasteiger partial charge in [-0.15, -0.1) is 0 Å². The summed E-state index contributed by atoms with van der Waals surface area (Å²) >= 11 is 0. The Morgan fingerprint density at radius 1 is 1.26 bits per heavy atom. The van der Waals surface area contributed by atoms with Crippen LogP contribution >= 0.6 is 0 Å². The highest BCUT2D eigenvalue weighted by atomic mass is 19.1. The molecule has 0 saturated heterocycles. The molecule has 0 radical (unpaired) electrons. The Kier molecular flexibility index (Phi) is 3.93. The summed E-state index contributed by atoms with van der Waals surface area (Å²) in [5.41, 5.74) is -1.62. The lowest BCUT2D eigenvalue weighted by atomic mass is 9.94. The first-order valence-corrected chi connectivity index (χ1v) is 7.60. The molecule has 0 atom stereocenters. The first-order chi connectivity index (χ1) is 10.9. The number of carbonyl (C=O) groups is 1.